The number of likely N-dealkylation sites (N-methyl/N-ethyl adjacent to an activating group) is 1. The van der Waals surface area contributed by atoms with Gasteiger partial charge in [-0.05, 0) is 0 Å². The van der Waals surface area contributed by atoms with Crippen LogP contribution < -0.4 is 0 Å². The second-order valence-corrected chi connectivity index (χ2v) is 4.86. The molecule has 0 spiro atoms. The summed E-state index contributed by atoms with van der Waals surface area (Å²) in [4.78, 5) is 2.20. The molecule has 0 N–H and O–H groups in total. The van der Waals surface area contributed by atoms with Gasteiger partial charge < -0.3 is 0 Å². The molecule has 0 aromatic rings. The first kappa shape index (κ1) is 11.8. The first-order valence-corrected chi connectivity index (χ1v) is 5.36. The minimum atomic E-state index is -0.0529. The summed E-state index contributed by atoms with van der Waals surface area (Å²) in [5, 5.41) is 0. The van der Waals surface area contributed by atoms with E-state index < -0.39 is 0 Å². The Hall–Kier alpha value is 0.842. The normalized spacial score (nSPS) is 14.2. The van der Waals surface area contributed by atoms with Crippen molar-refractivity contribution in [3.8, 4) is 0 Å². The van der Waals surface area contributed by atoms with E-state index in [1.165, 1.54) is 0 Å². The third-order valence-electron chi connectivity index (χ3n) is 2.85. The van der Waals surface area contributed by atoms with Crippen LogP contribution in [0.2, 0.25) is 0 Å². The van der Waals surface area contributed by atoms with Gasteiger partial charge in [0.05, 0.1) is 0 Å². The Labute approximate surface area is 86.6 Å². The third-order valence-corrected chi connectivity index (χ3v) is 4.83. The van der Waals surface area contributed by atoms with E-state index in [-0.39, 0.29) is 11.1 Å². The van der Waals surface area contributed by atoms with Crippen molar-refractivity contribution in [3.05, 3.63) is 0 Å². The van der Waals surface area contributed by atoms with E-state index in [4.69, 9.17) is 2.69 Å². The Morgan fingerprint density at radius 3 is 1.55 bits per heavy atom. The summed E-state index contributed by atoms with van der Waals surface area (Å²) in [6, 6.07) is 0. The van der Waals surface area contributed by atoms with Crippen LogP contribution in [0.4, 0.5) is 0 Å². The van der Waals surface area contributed by atoms with Crippen molar-refractivity contribution in [1.29, 1.82) is 0 Å². The van der Waals surface area contributed by atoms with Gasteiger partial charge in [-0.25, -0.2) is 0 Å². The zero-order valence-electron chi connectivity index (χ0n) is 8.36. The monoisotopic (exact) mass is 352 g/mol. The van der Waals surface area contributed by atoms with Crippen LogP contribution in [0.1, 0.15) is 27.7 Å². The molecule has 3 radical (unpaired) electrons. The molecule has 0 amide bonds. The van der Waals surface area contributed by atoms with E-state index in [0.717, 1.165) is 26.2 Å². The SMILES string of the molecule is CN(C)C(C)(C)C(C)(C)[O][Pb]. The number of rotatable bonds is 3. The van der Waals surface area contributed by atoms with Gasteiger partial charge in [0.25, 0.3) is 0 Å². The summed E-state index contributed by atoms with van der Waals surface area (Å²) in [6.45, 7) is 8.68. The molecule has 0 saturated heterocycles. The van der Waals surface area contributed by atoms with Crippen LogP contribution in [-0.2, 0) is 2.69 Å². The third kappa shape index (κ3) is 2.39. The van der Waals surface area contributed by atoms with Gasteiger partial charge in [0.15, 0.2) is 0 Å². The zero-order valence-corrected chi connectivity index (χ0v) is 12.2. The first-order chi connectivity index (χ1) is 4.75. The van der Waals surface area contributed by atoms with Gasteiger partial charge in [0, 0.05) is 0 Å². The number of hydrogen-bond acceptors (Lipinski definition) is 2. The average Bonchev–Trinajstić information content (AvgIpc) is 1.87. The molecule has 0 aromatic carbocycles. The summed E-state index contributed by atoms with van der Waals surface area (Å²) >= 11 is 0.797. The average molecular weight is 351 g/mol. The maximum absolute atomic E-state index is 5.56. The zero-order chi connectivity index (χ0) is 9.28. The second kappa shape index (κ2) is 3.70. The summed E-state index contributed by atoms with van der Waals surface area (Å²) in [5.74, 6) is 0. The van der Waals surface area contributed by atoms with Gasteiger partial charge in [-0.3, -0.25) is 0 Å². The van der Waals surface area contributed by atoms with Crippen LogP contribution in [0.5, 0.6) is 0 Å². The van der Waals surface area contributed by atoms with Gasteiger partial charge in [-0.15, -0.1) is 0 Å². The van der Waals surface area contributed by atoms with Crippen LogP contribution in [0.3, 0.4) is 0 Å². The van der Waals surface area contributed by atoms with E-state index in [0.29, 0.717) is 0 Å². The van der Waals surface area contributed by atoms with Gasteiger partial charge in [-0.1, -0.05) is 0 Å². The van der Waals surface area contributed by atoms with Crippen LogP contribution in [0, 0.1) is 0 Å². The molecule has 0 atom stereocenters. The van der Waals surface area contributed by atoms with Crippen molar-refractivity contribution >= 4 is 26.2 Å². The van der Waals surface area contributed by atoms with Crippen molar-refractivity contribution in [2.75, 3.05) is 14.1 Å². The molecular weight excluding hydrogens is 333 g/mol. The van der Waals surface area contributed by atoms with Gasteiger partial charge in [0.1, 0.15) is 0 Å². The minimum absolute atomic E-state index is 0.0529. The van der Waals surface area contributed by atoms with Crippen molar-refractivity contribution in [3.63, 3.8) is 0 Å². The van der Waals surface area contributed by atoms with E-state index >= 15 is 0 Å². The van der Waals surface area contributed by atoms with Crippen molar-refractivity contribution in [1.82, 2.24) is 4.90 Å². The van der Waals surface area contributed by atoms with Crippen LogP contribution in [-0.4, -0.2) is 56.4 Å². The van der Waals surface area contributed by atoms with E-state index in [9.17, 15) is 0 Å². The molecule has 11 heavy (non-hydrogen) atoms. The predicted octanol–water partition coefficient (Wildman–Crippen LogP) is 1.21. The molecule has 0 aromatic heterocycles. The van der Waals surface area contributed by atoms with Gasteiger partial charge >= 0.3 is 86.7 Å². The molecule has 0 aliphatic rings. The first-order valence-electron chi connectivity index (χ1n) is 3.78. The molecule has 3 heteroatoms. The van der Waals surface area contributed by atoms with Crippen LogP contribution in [0.15, 0.2) is 0 Å². The molecule has 0 bridgehead atoms. The Bertz CT molecular complexity index is 132. The molecule has 0 saturated carbocycles. The van der Waals surface area contributed by atoms with Crippen LogP contribution >= 0.6 is 0 Å². The molecule has 0 rings (SSSR count). The van der Waals surface area contributed by atoms with Gasteiger partial charge in [0.2, 0.25) is 0 Å². The Balaban J connectivity index is 4.53. The molecule has 65 valence electrons. The van der Waals surface area contributed by atoms with E-state index in [1.54, 1.807) is 0 Å². The maximum atomic E-state index is 5.56. The summed E-state index contributed by atoms with van der Waals surface area (Å²) in [6.07, 6.45) is 0. The summed E-state index contributed by atoms with van der Waals surface area (Å²) < 4.78 is 5.56. The van der Waals surface area contributed by atoms with Crippen molar-refractivity contribution in [2.24, 2.45) is 0 Å². The molecule has 0 heterocycles. The molecule has 0 aliphatic heterocycles. The van der Waals surface area contributed by atoms with Crippen LogP contribution in [0.25, 0.3) is 0 Å². The summed E-state index contributed by atoms with van der Waals surface area (Å²) in [7, 11) is 4.17. The molecular formula is C8H18NOPb. The standard InChI is InChI=1S/C8H18NO.Pb/c1-7(2,9(5)6)8(3,4)10;/h1-6H3;/q-1;+1. The van der Waals surface area contributed by atoms with Crippen molar-refractivity contribution in [2.45, 2.75) is 38.8 Å². The molecule has 0 unspecified atom stereocenters. The molecule has 0 aliphatic carbocycles. The van der Waals surface area contributed by atoms with E-state index in [2.05, 4.69) is 46.7 Å². The quantitative estimate of drug-likeness (QED) is 0.709. The molecule has 0 fully saturated rings. The fraction of sp³-hybridized carbons (Fsp3) is 1.00. The predicted molar refractivity (Wildman–Crippen MR) is 48.7 cm³/mol. The fourth-order valence-electron chi connectivity index (χ4n) is 0.663. The Morgan fingerprint density at radius 2 is 1.45 bits per heavy atom. The number of hydrogen-bond donors (Lipinski definition) is 0. The Morgan fingerprint density at radius 1 is 1.09 bits per heavy atom. The number of nitrogens with zero attached hydrogens (tertiary/aromatic N) is 1. The van der Waals surface area contributed by atoms with Gasteiger partial charge in [-0.2, -0.15) is 0 Å². The Kier molecular flexibility index (Phi) is 3.99. The fourth-order valence-corrected chi connectivity index (χ4v) is 1.63. The van der Waals surface area contributed by atoms with E-state index in [1.807, 2.05) is 0 Å². The summed E-state index contributed by atoms with van der Waals surface area (Å²) in [5.41, 5.74) is 0.0392. The second-order valence-electron chi connectivity index (χ2n) is 4.07. The topological polar surface area (TPSA) is 12.5 Å². The molecule has 2 nitrogen and oxygen atoms in total. The van der Waals surface area contributed by atoms with Crippen molar-refractivity contribution < 1.29 is 2.69 Å².